The predicted octanol–water partition coefficient (Wildman–Crippen LogP) is 5.20. The summed E-state index contributed by atoms with van der Waals surface area (Å²) in [4.78, 5) is 23.9. The van der Waals surface area contributed by atoms with Crippen molar-refractivity contribution in [3.8, 4) is 0 Å². The predicted molar refractivity (Wildman–Crippen MR) is 132 cm³/mol. The maximum absolute atomic E-state index is 12.4. The summed E-state index contributed by atoms with van der Waals surface area (Å²) in [6, 6.07) is 13.7. The molecule has 0 radical (unpaired) electrons. The highest BCUT2D eigenvalue weighted by Crippen LogP contribution is 2.26. The Balaban J connectivity index is 1.32. The average molecular weight is 453 g/mol. The minimum absolute atomic E-state index is 0.149. The smallest absolute Gasteiger partial charge is 0.319 e. The van der Waals surface area contributed by atoms with Gasteiger partial charge in [-0.05, 0) is 68.5 Å². The fraction of sp³-hybridized carbons (Fsp3) is 0.375. The van der Waals surface area contributed by atoms with Gasteiger partial charge in [0, 0.05) is 42.3 Å². The first-order valence-electron chi connectivity index (χ1n) is 10.9. The number of aryl methyl sites for hydroxylation is 1. The summed E-state index contributed by atoms with van der Waals surface area (Å²) in [7, 11) is 3.98. The number of halogens is 1. The molecule has 0 spiro atoms. The molecule has 1 heterocycles. The number of anilines is 3. The molecule has 1 saturated carbocycles. The Labute approximate surface area is 193 Å². The van der Waals surface area contributed by atoms with Crippen LogP contribution in [0.4, 0.5) is 22.2 Å². The molecule has 8 heteroatoms. The molecule has 2 amide bonds. The Morgan fingerprint density at radius 1 is 1.03 bits per heavy atom. The van der Waals surface area contributed by atoms with Gasteiger partial charge in [-0.3, -0.25) is 0 Å². The van der Waals surface area contributed by atoms with Crippen molar-refractivity contribution in [2.75, 3.05) is 29.6 Å². The van der Waals surface area contributed by atoms with Crippen LogP contribution >= 0.6 is 11.6 Å². The maximum Gasteiger partial charge on any atom is 0.319 e. The second-order valence-corrected chi connectivity index (χ2v) is 8.97. The lowest BCUT2D eigenvalue weighted by molar-refractivity contribution is 0.243. The van der Waals surface area contributed by atoms with Gasteiger partial charge in [0.15, 0.2) is 0 Å². The number of fused-ring (bicyclic) bond motifs is 1. The summed E-state index contributed by atoms with van der Waals surface area (Å²) < 4.78 is 0. The summed E-state index contributed by atoms with van der Waals surface area (Å²) in [6.07, 6.45) is 3.69. The molecule has 2 aromatic carbocycles. The summed E-state index contributed by atoms with van der Waals surface area (Å²) in [5.74, 6) is 1.56. The third-order valence-electron chi connectivity index (χ3n) is 5.84. The van der Waals surface area contributed by atoms with Crippen LogP contribution in [0.1, 0.15) is 31.2 Å². The zero-order valence-corrected chi connectivity index (χ0v) is 19.4. The van der Waals surface area contributed by atoms with E-state index >= 15 is 0 Å². The molecule has 0 unspecified atom stereocenters. The summed E-state index contributed by atoms with van der Waals surface area (Å²) in [5.41, 5.74) is 2.64. The molecular weight excluding hydrogens is 424 g/mol. The lowest BCUT2D eigenvalue weighted by atomic mass is 9.91. The number of nitrogens with zero attached hydrogens (tertiary/aromatic N) is 3. The highest BCUT2D eigenvalue weighted by Gasteiger charge is 2.23. The van der Waals surface area contributed by atoms with Gasteiger partial charge >= 0.3 is 6.03 Å². The van der Waals surface area contributed by atoms with E-state index in [1.54, 1.807) is 6.07 Å². The van der Waals surface area contributed by atoms with E-state index in [4.69, 9.17) is 21.6 Å². The molecule has 32 heavy (non-hydrogen) atoms. The Morgan fingerprint density at radius 3 is 2.47 bits per heavy atom. The standard InChI is InChI=1S/C24H29ClN6O/c1-15-14-16(25)8-13-20(15)29-24(32)27-18-11-9-17(10-12-18)26-23-28-21-7-5-4-6-19(21)22(30-23)31(2)3/h4-8,13-14,17-18H,9-12H2,1-3H3,(H,26,28,30)(H2,27,29,32). The average Bonchev–Trinajstić information content (AvgIpc) is 2.76. The third kappa shape index (κ3) is 5.22. The van der Waals surface area contributed by atoms with Crippen molar-refractivity contribution in [2.45, 2.75) is 44.7 Å². The minimum atomic E-state index is -0.180. The maximum atomic E-state index is 12.4. The van der Waals surface area contributed by atoms with Crippen LogP contribution in [-0.4, -0.2) is 42.2 Å². The molecule has 7 nitrogen and oxygen atoms in total. The second kappa shape index (κ2) is 9.61. The molecule has 0 saturated heterocycles. The fourth-order valence-corrected chi connectivity index (χ4v) is 4.37. The van der Waals surface area contributed by atoms with E-state index < -0.39 is 0 Å². The van der Waals surface area contributed by atoms with Crippen LogP contribution in [0.15, 0.2) is 42.5 Å². The molecule has 1 fully saturated rings. The Morgan fingerprint density at radius 2 is 1.75 bits per heavy atom. The number of hydrogen-bond acceptors (Lipinski definition) is 5. The van der Waals surface area contributed by atoms with Crippen LogP contribution < -0.4 is 20.9 Å². The van der Waals surface area contributed by atoms with Crippen LogP contribution in [0.3, 0.4) is 0 Å². The van der Waals surface area contributed by atoms with Crippen molar-refractivity contribution < 1.29 is 4.79 Å². The lowest BCUT2D eigenvalue weighted by Gasteiger charge is -2.30. The molecule has 1 aliphatic carbocycles. The zero-order valence-electron chi connectivity index (χ0n) is 18.7. The number of aromatic nitrogens is 2. The van der Waals surface area contributed by atoms with Gasteiger partial charge in [0.2, 0.25) is 5.95 Å². The fourth-order valence-electron chi connectivity index (χ4n) is 4.14. The first-order valence-corrected chi connectivity index (χ1v) is 11.3. The molecule has 1 aromatic heterocycles. The van der Waals surface area contributed by atoms with Gasteiger partial charge in [-0.1, -0.05) is 23.7 Å². The number of urea groups is 1. The van der Waals surface area contributed by atoms with E-state index in [-0.39, 0.29) is 18.1 Å². The highest BCUT2D eigenvalue weighted by atomic mass is 35.5. The lowest BCUT2D eigenvalue weighted by Crippen LogP contribution is -2.42. The molecule has 0 bridgehead atoms. The van der Waals surface area contributed by atoms with Crippen LogP contribution in [0, 0.1) is 6.92 Å². The number of para-hydroxylation sites is 1. The van der Waals surface area contributed by atoms with Gasteiger partial charge in [-0.15, -0.1) is 0 Å². The Kier molecular flexibility index (Phi) is 6.65. The van der Waals surface area contributed by atoms with Gasteiger partial charge in [0.25, 0.3) is 0 Å². The van der Waals surface area contributed by atoms with Crippen molar-refractivity contribution >= 4 is 46.0 Å². The van der Waals surface area contributed by atoms with Crippen molar-refractivity contribution in [1.82, 2.24) is 15.3 Å². The van der Waals surface area contributed by atoms with Crippen LogP contribution in [0.5, 0.6) is 0 Å². The van der Waals surface area contributed by atoms with Crippen molar-refractivity contribution in [1.29, 1.82) is 0 Å². The molecule has 3 N–H and O–H groups in total. The van der Waals surface area contributed by atoms with Crippen LogP contribution in [-0.2, 0) is 0 Å². The largest absolute Gasteiger partial charge is 0.362 e. The topological polar surface area (TPSA) is 82.2 Å². The number of carbonyl (C=O) groups excluding carboxylic acids is 1. The summed E-state index contributed by atoms with van der Waals surface area (Å²) >= 11 is 5.99. The highest BCUT2D eigenvalue weighted by molar-refractivity contribution is 6.30. The summed E-state index contributed by atoms with van der Waals surface area (Å²) in [5, 5.41) is 11.2. The van der Waals surface area contributed by atoms with E-state index in [2.05, 4.69) is 16.0 Å². The molecular formula is C24H29ClN6O. The second-order valence-electron chi connectivity index (χ2n) is 8.53. The van der Waals surface area contributed by atoms with E-state index in [1.165, 1.54) is 0 Å². The van der Waals surface area contributed by atoms with E-state index in [9.17, 15) is 4.79 Å². The first-order chi connectivity index (χ1) is 15.4. The normalized spacial score (nSPS) is 18.2. The first kappa shape index (κ1) is 22.1. The van der Waals surface area contributed by atoms with Gasteiger partial charge < -0.3 is 20.9 Å². The Hall–Kier alpha value is -3.06. The van der Waals surface area contributed by atoms with E-state index in [0.29, 0.717) is 11.0 Å². The third-order valence-corrected chi connectivity index (χ3v) is 6.07. The van der Waals surface area contributed by atoms with E-state index in [1.807, 2.05) is 62.3 Å². The minimum Gasteiger partial charge on any atom is -0.362 e. The van der Waals surface area contributed by atoms with Crippen molar-refractivity contribution in [3.63, 3.8) is 0 Å². The van der Waals surface area contributed by atoms with Crippen LogP contribution in [0.25, 0.3) is 10.9 Å². The van der Waals surface area contributed by atoms with Gasteiger partial charge in [0.05, 0.1) is 5.52 Å². The molecule has 3 aromatic rings. The number of hydrogen-bond donors (Lipinski definition) is 3. The number of amides is 2. The molecule has 4 rings (SSSR count). The molecule has 1 aliphatic rings. The number of benzene rings is 2. The Bertz CT molecular complexity index is 1110. The van der Waals surface area contributed by atoms with Crippen LogP contribution in [0.2, 0.25) is 5.02 Å². The molecule has 168 valence electrons. The number of rotatable bonds is 5. The van der Waals surface area contributed by atoms with Crippen molar-refractivity contribution in [2.24, 2.45) is 0 Å². The monoisotopic (exact) mass is 452 g/mol. The zero-order chi connectivity index (χ0) is 22.7. The van der Waals surface area contributed by atoms with Crippen molar-refractivity contribution in [3.05, 3.63) is 53.1 Å². The van der Waals surface area contributed by atoms with Gasteiger partial charge in [-0.2, -0.15) is 4.98 Å². The summed E-state index contributed by atoms with van der Waals surface area (Å²) in [6.45, 7) is 1.93. The van der Waals surface area contributed by atoms with Gasteiger partial charge in [-0.25, -0.2) is 9.78 Å². The molecule has 0 atom stereocenters. The molecule has 0 aliphatic heterocycles. The number of carbonyl (C=O) groups is 1. The van der Waals surface area contributed by atoms with Gasteiger partial charge in [0.1, 0.15) is 5.82 Å². The SMILES string of the molecule is Cc1cc(Cl)ccc1NC(=O)NC1CCC(Nc2nc(N(C)C)c3ccccc3n2)CC1. The number of nitrogens with one attached hydrogen (secondary N) is 3. The quantitative estimate of drug-likeness (QED) is 0.495. The van der Waals surface area contributed by atoms with E-state index in [0.717, 1.165) is 53.7 Å².